The van der Waals surface area contributed by atoms with Crippen LogP contribution in [0.25, 0.3) is 10.9 Å². The Labute approximate surface area is 99.8 Å². The third-order valence-electron chi connectivity index (χ3n) is 2.13. The second kappa shape index (κ2) is 3.99. The van der Waals surface area contributed by atoms with Crippen molar-refractivity contribution in [2.75, 3.05) is 0 Å². The lowest BCUT2D eigenvalue weighted by Gasteiger charge is -2.05. The van der Waals surface area contributed by atoms with Gasteiger partial charge in [0.05, 0.1) is 5.52 Å². The molecule has 0 radical (unpaired) electrons. The molecule has 1 aromatic carbocycles. The van der Waals surface area contributed by atoms with Crippen LogP contribution in [0.3, 0.4) is 0 Å². The lowest BCUT2D eigenvalue weighted by atomic mass is 10.1. The molecule has 0 amide bonds. The summed E-state index contributed by atoms with van der Waals surface area (Å²) in [6.07, 6.45) is 0. The predicted molar refractivity (Wildman–Crippen MR) is 66.8 cm³/mol. The Morgan fingerprint density at radius 3 is 2.79 bits per heavy atom. The highest BCUT2D eigenvalue weighted by Crippen LogP contribution is 2.23. The summed E-state index contributed by atoms with van der Waals surface area (Å²) in [6.45, 7) is 2.02. The Morgan fingerprint density at radius 1 is 1.29 bits per heavy atom. The highest BCUT2D eigenvalue weighted by molar-refractivity contribution is 9.10. The van der Waals surface area contributed by atoms with Gasteiger partial charge in [-0.3, -0.25) is 4.98 Å². The number of hydrogen-bond donors (Lipinski definition) is 0. The molecular weight excluding hydrogens is 306 g/mol. The van der Waals surface area contributed by atoms with E-state index in [9.17, 15) is 0 Å². The molecule has 0 atom stereocenters. The second-order valence-electron chi connectivity index (χ2n) is 3.22. The van der Waals surface area contributed by atoms with Gasteiger partial charge in [0, 0.05) is 20.9 Å². The molecule has 1 nitrogen and oxygen atoms in total. The summed E-state index contributed by atoms with van der Waals surface area (Å²) >= 11 is 6.94. The molecular formula is C11H9Br2N. The quantitative estimate of drug-likeness (QED) is 0.719. The van der Waals surface area contributed by atoms with Crippen LogP contribution >= 0.6 is 31.9 Å². The van der Waals surface area contributed by atoms with E-state index >= 15 is 0 Å². The monoisotopic (exact) mass is 313 g/mol. The van der Waals surface area contributed by atoms with E-state index < -0.39 is 0 Å². The standard InChI is InChI=1S/C11H9Br2N/c1-7-4-8(6-12)10-3-2-9(13)5-11(10)14-7/h2-5H,6H2,1H3. The molecule has 14 heavy (non-hydrogen) atoms. The highest BCUT2D eigenvalue weighted by Gasteiger charge is 2.02. The van der Waals surface area contributed by atoms with Crippen molar-refractivity contribution in [1.82, 2.24) is 4.98 Å². The van der Waals surface area contributed by atoms with Gasteiger partial charge in [0.25, 0.3) is 0 Å². The topological polar surface area (TPSA) is 12.9 Å². The number of aromatic nitrogens is 1. The zero-order valence-electron chi connectivity index (χ0n) is 7.72. The summed E-state index contributed by atoms with van der Waals surface area (Å²) in [5.74, 6) is 0. The molecule has 0 saturated heterocycles. The molecule has 1 heterocycles. The Morgan fingerprint density at radius 2 is 2.07 bits per heavy atom. The average molecular weight is 315 g/mol. The van der Waals surface area contributed by atoms with Crippen LogP contribution in [0, 0.1) is 6.92 Å². The van der Waals surface area contributed by atoms with E-state index in [4.69, 9.17) is 0 Å². The van der Waals surface area contributed by atoms with Crippen LogP contribution in [0.5, 0.6) is 0 Å². The van der Waals surface area contributed by atoms with E-state index in [2.05, 4.69) is 55.0 Å². The van der Waals surface area contributed by atoms with Gasteiger partial charge in [-0.05, 0) is 30.7 Å². The number of pyridine rings is 1. The fourth-order valence-electron chi connectivity index (χ4n) is 1.53. The van der Waals surface area contributed by atoms with E-state index in [-0.39, 0.29) is 0 Å². The normalized spacial score (nSPS) is 10.8. The maximum atomic E-state index is 4.49. The Bertz CT molecular complexity index is 475. The van der Waals surface area contributed by atoms with Gasteiger partial charge in [0.15, 0.2) is 0 Å². The summed E-state index contributed by atoms with van der Waals surface area (Å²) < 4.78 is 1.07. The Kier molecular flexibility index (Phi) is 2.88. The minimum absolute atomic E-state index is 0.870. The van der Waals surface area contributed by atoms with Gasteiger partial charge in [0.1, 0.15) is 0 Å². The molecule has 0 spiro atoms. The Hall–Kier alpha value is -0.410. The van der Waals surface area contributed by atoms with Crippen molar-refractivity contribution in [3.8, 4) is 0 Å². The molecule has 0 aliphatic rings. The molecule has 2 rings (SSSR count). The van der Waals surface area contributed by atoms with Crippen LogP contribution in [0.4, 0.5) is 0 Å². The summed E-state index contributed by atoms with van der Waals surface area (Å²) in [5, 5.41) is 2.09. The van der Waals surface area contributed by atoms with Gasteiger partial charge < -0.3 is 0 Å². The van der Waals surface area contributed by atoms with Crippen LogP contribution < -0.4 is 0 Å². The number of aryl methyl sites for hydroxylation is 1. The SMILES string of the molecule is Cc1cc(CBr)c2ccc(Br)cc2n1. The third-order valence-corrected chi connectivity index (χ3v) is 3.23. The molecule has 0 unspecified atom stereocenters. The van der Waals surface area contributed by atoms with E-state index in [1.165, 1.54) is 10.9 Å². The number of fused-ring (bicyclic) bond motifs is 1. The number of rotatable bonds is 1. The van der Waals surface area contributed by atoms with Gasteiger partial charge >= 0.3 is 0 Å². The van der Waals surface area contributed by atoms with Crippen LogP contribution in [-0.4, -0.2) is 4.98 Å². The molecule has 72 valence electrons. The second-order valence-corrected chi connectivity index (χ2v) is 4.69. The number of benzene rings is 1. The number of alkyl halides is 1. The Balaban J connectivity index is 2.81. The van der Waals surface area contributed by atoms with E-state index in [0.717, 1.165) is 21.0 Å². The van der Waals surface area contributed by atoms with E-state index in [1.807, 2.05) is 13.0 Å². The van der Waals surface area contributed by atoms with Crippen LogP contribution in [-0.2, 0) is 5.33 Å². The van der Waals surface area contributed by atoms with Gasteiger partial charge in [-0.1, -0.05) is 37.9 Å². The van der Waals surface area contributed by atoms with Crippen molar-refractivity contribution in [2.45, 2.75) is 12.3 Å². The summed E-state index contributed by atoms with van der Waals surface area (Å²) in [7, 11) is 0. The van der Waals surface area contributed by atoms with Crippen molar-refractivity contribution < 1.29 is 0 Å². The van der Waals surface area contributed by atoms with Crippen LogP contribution in [0.1, 0.15) is 11.3 Å². The molecule has 1 aromatic heterocycles. The molecule has 0 saturated carbocycles. The molecule has 0 fully saturated rings. The first kappa shape index (κ1) is 10.1. The number of hydrogen-bond acceptors (Lipinski definition) is 1. The smallest absolute Gasteiger partial charge is 0.0719 e. The number of halogens is 2. The summed E-state index contributed by atoms with van der Waals surface area (Å²) in [4.78, 5) is 4.49. The molecule has 0 N–H and O–H groups in total. The number of nitrogens with zero attached hydrogens (tertiary/aromatic N) is 1. The minimum atomic E-state index is 0.870. The maximum Gasteiger partial charge on any atom is 0.0719 e. The lowest BCUT2D eigenvalue weighted by Crippen LogP contribution is -1.89. The highest BCUT2D eigenvalue weighted by atomic mass is 79.9. The summed E-state index contributed by atoms with van der Waals surface area (Å²) in [5.41, 5.74) is 3.40. The first-order valence-electron chi connectivity index (χ1n) is 4.32. The largest absolute Gasteiger partial charge is 0.253 e. The predicted octanol–water partition coefficient (Wildman–Crippen LogP) is 4.20. The van der Waals surface area contributed by atoms with Gasteiger partial charge in [0.2, 0.25) is 0 Å². The van der Waals surface area contributed by atoms with Gasteiger partial charge in [-0.15, -0.1) is 0 Å². The minimum Gasteiger partial charge on any atom is -0.253 e. The van der Waals surface area contributed by atoms with Crippen LogP contribution in [0.2, 0.25) is 0 Å². The van der Waals surface area contributed by atoms with Crippen molar-refractivity contribution in [2.24, 2.45) is 0 Å². The van der Waals surface area contributed by atoms with Gasteiger partial charge in [-0.25, -0.2) is 0 Å². The summed E-state index contributed by atoms with van der Waals surface area (Å²) in [6, 6.07) is 8.31. The molecule has 3 heteroatoms. The fraction of sp³-hybridized carbons (Fsp3) is 0.182. The molecule has 2 aromatic rings. The van der Waals surface area contributed by atoms with Crippen molar-refractivity contribution in [3.63, 3.8) is 0 Å². The first-order valence-corrected chi connectivity index (χ1v) is 6.24. The third kappa shape index (κ3) is 1.84. The lowest BCUT2D eigenvalue weighted by molar-refractivity contribution is 1.23. The van der Waals surface area contributed by atoms with Crippen LogP contribution in [0.15, 0.2) is 28.7 Å². The van der Waals surface area contributed by atoms with Crippen molar-refractivity contribution in [3.05, 3.63) is 40.0 Å². The van der Waals surface area contributed by atoms with Crippen molar-refractivity contribution in [1.29, 1.82) is 0 Å². The first-order chi connectivity index (χ1) is 6.70. The average Bonchev–Trinajstić information content (AvgIpc) is 2.15. The van der Waals surface area contributed by atoms with Gasteiger partial charge in [-0.2, -0.15) is 0 Å². The van der Waals surface area contributed by atoms with Crippen molar-refractivity contribution >= 4 is 42.8 Å². The van der Waals surface area contributed by atoms with E-state index in [1.54, 1.807) is 0 Å². The maximum absolute atomic E-state index is 4.49. The van der Waals surface area contributed by atoms with E-state index in [0.29, 0.717) is 0 Å². The molecule has 0 bridgehead atoms. The zero-order valence-corrected chi connectivity index (χ0v) is 10.9. The molecule has 0 aliphatic heterocycles. The molecule has 0 aliphatic carbocycles. The fourth-order valence-corrected chi connectivity index (χ4v) is 2.34. The zero-order chi connectivity index (χ0) is 10.1.